The molecule has 2 saturated carbocycles. The second kappa shape index (κ2) is 13.9. The second-order valence-electron chi connectivity index (χ2n) is 17.1. The van der Waals surface area contributed by atoms with Crippen molar-refractivity contribution in [2.75, 3.05) is 13.2 Å². The molecule has 6 heterocycles. The lowest BCUT2D eigenvalue weighted by molar-refractivity contribution is 0.0420. The molecule has 298 valence electrons. The molecular formula is C46H46N8O4Si. The van der Waals surface area contributed by atoms with Crippen molar-refractivity contribution in [2.24, 2.45) is 36.8 Å². The maximum absolute atomic E-state index is 10.6. The molecule has 12 rings (SSSR count). The predicted octanol–water partition coefficient (Wildman–Crippen LogP) is 7.37. The fourth-order valence-electron chi connectivity index (χ4n) is 10.3. The summed E-state index contributed by atoms with van der Waals surface area (Å²) in [5.74, 6) is 5.16. The van der Waals surface area contributed by atoms with E-state index < -0.39 is 15.0 Å². The minimum absolute atomic E-state index is 0.218. The quantitative estimate of drug-likeness (QED) is 0.174. The van der Waals surface area contributed by atoms with Crippen molar-refractivity contribution in [3.05, 3.63) is 118 Å². The molecule has 59 heavy (non-hydrogen) atoms. The third-order valence-corrected chi connectivity index (χ3v) is 16.6. The van der Waals surface area contributed by atoms with Crippen molar-refractivity contribution in [2.45, 2.75) is 82.6 Å². The van der Waals surface area contributed by atoms with E-state index in [0.717, 1.165) is 120 Å². The highest BCUT2D eigenvalue weighted by atomic mass is 28.4. The summed E-state index contributed by atoms with van der Waals surface area (Å²) in [7, 11) is -4.13. The molecular weight excluding hydrogens is 757 g/mol. The summed E-state index contributed by atoms with van der Waals surface area (Å²) in [5.41, 5.74) is 6.02. The van der Waals surface area contributed by atoms with Crippen LogP contribution >= 0.6 is 0 Å². The van der Waals surface area contributed by atoms with E-state index in [9.17, 15) is 10.2 Å². The minimum Gasteiger partial charge on any atom is -0.393 e. The Kier molecular flexibility index (Phi) is 8.38. The van der Waals surface area contributed by atoms with Crippen molar-refractivity contribution >= 4 is 60.5 Å². The molecule has 3 aromatic carbocycles. The Labute approximate surface area is 343 Å². The lowest BCUT2D eigenvalue weighted by Crippen LogP contribution is -2.67. The summed E-state index contributed by atoms with van der Waals surface area (Å²) in [4.78, 5) is 27.3. The fourth-order valence-corrected chi connectivity index (χ4v) is 13.9. The molecule has 5 aliphatic heterocycles. The molecule has 1 unspecified atom stereocenters. The highest BCUT2D eigenvalue weighted by Gasteiger charge is 2.61. The monoisotopic (exact) mass is 802 g/mol. The van der Waals surface area contributed by atoms with Crippen LogP contribution in [0.1, 0.15) is 92.6 Å². The molecule has 3 aliphatic carbocycles. The first-order valence-corrected chi connectivity index (χ1v) is 23.1. The first-order valence-electron chi connectivity index (χ1n) is 21.4. The third-order valence-electron chi connectivity index (χ3n) is 13.5. The molecule has 6 bridgehead atoms. The van der Waals surface area contributed by atoms with Crippen LogP contribution in [0.3, 0.4) is 0 Å². The van der Waals surface area contributed by atoms with Gasteiger partial charge in [0.25, 0.3) is 0 Å². The molecule has 4 aromatic rings. The molecule has 1 atom stereocenters. The lowest BCUT2D eigenvalue weighted by Gasteiger charge is -2.44. The minimum atomic E-state index is -4.13. The van der Waals surface area contributed by atoms with Gasteiger partial charge in [-0.15, -0.1) is 0 Å². The Morgan fingerprint density at radius 1 is 0.644 bits per heavy atom. The number of benzene rings is 3. The molecule has 2 fully saturated rings. The third kappa shape index (κ3) is 5.66. The summed E-state index contributed by atoms with van der Waals surface area (Å²) < 4.78 is 20.2. The van der Waals surface area contributed by atoms with Crippen molar-refractivity contribution in [3.63, 3.8) is 0 Å². The highest BCUT2D eigenvalue weighted by molar-refractivity contribution is 6.68. The van der Waals surface area contributed by atoms with E-state index in [1.807, 2.05) is 12.1 Å². The number of hydrogen-bond acceptors (Lipinski definition) is 11. The van der Waals surface area contributed by atoms with Gasteiger partial charge in [0.05, 0.1) is 12.2 Å². The molecule has 1 aromatic heterocycles. The summed E-state index contributed by atoms with van der Waals surface area (Å²) in [6.45, 7) is 0.852. The van der Waals surface area contributed by atoms with Gasteiger partial charge in [-0.25, -0.2) is 25.0 Å². The largest absolute Gasteiger partial charge is 0.599 e. The summed E-state index contributed by atoms with van der Waals surface area (Å²) in [6.07, 6.45) is 11.4. The van der Waals surface area contributed by atoms with Gasteiger partial charge in [-0.3, -0.25) is 8.80 Å². The molecule has 0 spiro atoms. The number of aliphatic imine (C=N–C) groups is 5. The van der Waals surface area contributed by atoms with Crippen molar-refractivity contribution in [1.82, 2.24) is 14.1 Å². The smallest absolute Gasteiger partial charge is 0.393 e. The zero-order valence-electron chi connectivity index (χ0n) is 32.8. The van der Waals surface area contributed by atoms with E-state index in [2.05, 4.69) is 86.9 Å². The molecule has 3 N–H and O–H groups in total. The first-order chi connectivity index (χ1) is 29.0. The Hall–Kier alpha value is -5.31. The van der Waals surface area contributed by atoms with Gasteiger partial charge < -0.3 is 24.4 Å². The Balaban J connectivity index is 1.19. The Bertz CT molecular complexity index is 2610. The van der Waals surface area contributed by atoms with Crippen LogP contribution in [-0.2, 0) is 8.85 Å². The van der Waals surface area contributed by atoms with Gasteiger partial charge in [-0.1, -0.05) is 84.9 Å². The average molecular weight is 803 g/mol. The van der Waals surface area contributed by atoms with Gasteiger partial charge >= 0.3 is 8.88 Å². The number of nitrogens with one attached hydrogen (secondary N) is 1. The number of allylic oxidation sites excluding steroid dienone is 1. The normalized spacial score (nSPS) is 31.5. The number of fused-ring (bicyclic) bond motifs is 13. The number of rotatable bonds is 6. The number of nitrogens with zero attached hydrogens (tertiary/aromatic N) is 7. The highest BCUT2D eigenvalue weighted by Crippen LogP contribution is 2.49. The van der Waals surface area contributed by atoms with E-state index in [1.165, 1.54) is 0 Å². The zero-order valence-corrected chi connectivity index (χ0v) is 33.8. The average Bonchev–Trinajstić information content (AvgIpc) is 3.99. The van der Waals surface area contributed by atoms with E-state index in [0.29, 0.717) is 42.4 Å². The second-order valence-corrected chi connectivity index (χ2v) is 19.7. The number of aliphatic hydroxyl groups is 2. The SMILES string of the molecule is OC1CCC(CO[Si]2(OCC3CCC(O)CC3)N3/C4=N\C5=NC(=N\c6c7ccccc7c(n62)/N=C2\N=C(NC3c3ccccc34)c3ccccc32)/C2=C5C=CCC2)CC1. The topological polar surface area (TPSA) is 141 Å². The van der Waals surface area contributed by atoms with Crippen LogP contribution in [0.2, 0.25) is 0 Å². The Morgan fingerprint density at radius 2 is 1.25 bits per heavy atom. The standard InChI is InChI=1S/C46H46N8O4Si/c55-29-21-17-27(18-22-29)25-57-59(58-26-28-19-23-30(56)24-20-28)53-43-35-13-5-6-14-36(35)45(53)51-41-33-11-3-4-12-34(33)42(48-41)52-46-38-16-8-7-15-37(38)44(54(46)59)50-40-32-10-2-1-9-31(32)39(47-40)49-43/h1-3,5-11,13-16,27-30,43,55-56H,4,12,17-26H2,(H,47,49,50)/b51-45-,52-42-. The molecule has 0 saturated heterocycles. The van der Waals surface area contributed by atoms with Gasteiger partial charge in [-0.05, 0) is 76.0 Å². The predicted molar refractivity (Wildman–Crippen MR) is 231 cm³/mol. The molecule has 0 amide bonds. The van der Waals surface area contributed by atoms with Gasteiger partial charge in [0.15, 0.2) is 17.5 Å². The van der Waals surface area contributed by atoms with E-state index in [-0.39, 0.29) is 24.0 Å². The summed E-state index contributed by atoms with van der Waals surface area (Å²) in [6, 6.07) is 25.1. The van der Waals surface area contributed by atoms with E-state index >= 15 is 0 Å². The first kappa shape index (κ1) is 35.6. The maximum Gasteiger partial charge on any atom is 0.599 e. The zero-order chi connectivity index (χ0) is 39.2. The number of aromatic nitrogens is 1. The van der Waals surface area contributed by atoms with Crippen LogP contribution < -0.4 is 5.32 Å². The molecule has 12 nitrogen and oxygen atoms in total. The van der Waals surface area contributed by atoms with Crippen LogP contribution in [0.5, 0.6) is 0 Å². The summed E-state index contributed by atoms with van der Waals surface area (Å²) >= 11 is 0. The van der Waals surface area contributed by atoms with Crippen LogP contribution in [0, 0.1) is 11.8 Å². The molecule has 8 aliphatic rings. The summed E-state index contributed by atoms with van der Waals surface area (Å²) in [5, 5.41) is 26.9. The fraction of sp³-hybridized carbons (Fsp3) is 0.370. The molecule has 13 heteroatoms. The van der Waals surface area contributed by atoms with Crippen LogP contribution in [0.25, 0.3) is 10.8 Å². The van der Waals surface area contributed by atoms with E-state index in [4.69, 9.17) is 33.8 Å². The number of hydrogen-bond donors (Lipinski definition) is 3. The maximum atomic E-state index is 10.6. The van der Waals surface area contributed by atoms with Crippen molar-refractivity contribution in [3.8, 4) is 0 Å². The van der Waals surface area contributed by atoms with Crippen LogP contribution in [-0.4, -0.2) is 82.5 Å². The Morgan fingerprint density at radius 3 is 1.95 bits per heavy atom. The van der Waals surface area contributed by atoms with Gasteiger partial charge in [0, 0.05) is 57.4 Å². The lowest BCUT2D eigenvalue weighted by atomic mass is 9.88. The van der Waals surface area contributed by atoms with Crippen molar-refractivity contribution in [1.29, 1.82) is 0 Å². The molecule has 0 radical (unpaired) electrons. The van der Waals surface area contributed by atoms with Gasteiger partial charge in [-0.2, -0.15) is 0 Å². The van der Waals surface area contributed by atoms with Gasteiger partial charge in [0.1, 0.15) is 29.5 Å². The van der Waals surface area contributed by atoms with Crippen LogP contribution in [0.4, 0.5) is 11.6 Å². The number of amidine groups is 5. The van der Waals surface area contributed by atoms with Crippen LogP contribution in [0.15, 0.2) is 121 Å². The number of aliphatic hydroxyl groups excluding tert-OH is 2. The van der Waals surface area contributed by atoms with E-state index in [1.54, 1.807) is 0 Å². The van der Waals surface area contributed by atoms with Gasteiger partial charge in [0.2, 0.25) is 0 Å². The van der Waals surface area contributed by atoms with Crippen molar-refractivity contribution < 1.29 is 19.1 Å².